The number of hydrogen-bond donors (Lipinski definition) is 3. The van der Waals surface area contributed by atoms with E-state index in [4.69, 9.17) is 27.9 Å². The van der Waals surface area contributed by atoms with Gasteiger partial charge in [0.05, 0.1) is 23.7 Å². The first kappa shape index (κ1) is 21.5. The molecule has 3 N–H and O–H groups in total. The van der Waals surface area contributed by atoms with Crippen molar-refractivity contribution in [2.75, 3.05) is 26.7 Å². The van der Waals surface area contributed by atoms with Gasteiger partial charge in [0.15, 0.2) is 5.75 Å². The Kier molecular flexibility index (Phi) is 8.10. The maximum Gasteiger partial charge on any atom is 0.256 e. The number of halogens is 2. The van der Waals surface area contributed by atoms with Crippen molar-refractivity contribution in [2.45, 2.75) is 0 Å². The summed E-state index contributed by atoms with van der Waals surface area (Å²) in [5.74, 6) is -1.01. The van der Waals surface area contributed by atoms with E-state index in [0.717, 1.165) is 0 Å². The van der Waals surface area contributed by atoms with Crippen molar-refractivity contribution in [1.82, 2.24) is 16.0 Å². The van der Waals surface area contributed by atoms with Gasteiger partial charge < -0.3 is 20.7 Å². The van der Waals surface area contributed by atoms with Gasteiger partial charge in [-0.1, -0.05) is 41.4 Å². The summed E-state index contributed by atoms with van der Waals surface area (Å²) in [5, 5.41) is 8.20. The number of hydrogen-bond acceptors (Lipinski definition) is 4. The topological polar surface area (TPSA) is 96.5 Å². The molecule has 2 rings (SSSR count). The number of methoxy groups -OCH3 is 1. The van der Waals surface area contributed by atoms with Crippen LogP contribution in [0, 0.1) is 0 Å². The van der Waals surface area contributed by atoms with E-state index in [-0.39, 0.29) is 52.8 Å². The van der Waals surface area contributed by atoms with Crippen LogP contribution in [0.1, 0.15) is 20.7 Å². The third-order valence-electron chi connectivity index (χ3n) is 3.67. The van der Waals surface area contributed by atoms with Crippen LogP contribution in [0.15, 0.2) is 42.5 Å². The number of benzene rings is 2. The highest BCUT2D eigenvalue weighted by Gasteiger charge is 2.19. The van der Waals surface area contributed by atoms with E-state index < -0.39 is 5.91 Å². The zero-order chi connectivity index (χ0) is 20.5. The Balaban J connectivity index is 1.75. The van der Waals surface area contributed by atoms with E-state index in [1.54, 1.807) is 30.3 Å². The molecule has 0 saturated carbocycles. The lowest BCUT2D eigenvalue weighted by atomic mass is 10.2. The molecule has 0 fully saturated rings. The molecule has 0 unspecified atom stereocenters. The molecular formula is C19H19Cl2N3O4. The number of ether oxygens (including phenoxy) is 1. The van der Waals surface area contributed by atoms with Gasteiger partial charge in [-0.05, 0) is 24.3 Å². The van der Waals surface area contributed by atoms with Crippen molar-refractivity contribution in [3.8, 4) is 5.75 Å². The minimum absolute atomic E-state index is 0.123. The molecule has 0 aromatic heterocycles. The quantitative estimate of drug-likeness (QED) is 0.567. The van der Waals surface area contributed by atoms with E-state index in [0.29, 0.717) is 5.56 Å². The highest BCUT2D eigenvalue weighted by Crippen LogP contribution is 2.33. The fourth-order valence-corrected chi connectivity index (χ4v) is 2.79. The average Bonchev–Trinajstić information content (AvgIpc) is 2.71. The van der Waals surface area contributed by atoms with Crippen molar-refractivity contribution >= 4 is 40.9 Å². The van der Waals surface area contributed by atoms with Crippen molar-refractivity contribution in [3.63, 3.8) is 0 Å². The fraction of sp³-hybridized carbons (Fsp3) is 0.211. The normalized spacial score (nSPS) is 10.1. The summed E-state index contributed by atoms with van der Waals surface area (Å²) in [7, 11) is 1.39. The number of carbonyl (C=O) groups is 3. The molecule has 2 aromatic rings. The van der Waals surface area contributed by atoms with E-state index in [2.05, 4.69) is 16.0 Å². The Morgan fingerprint density at radius 2 is 1.50 bits per heavy atom. The number of carbonyl (C=O) groups excluding carboxylic acids is 3. The van der Waals surface area contributed by atoms with Crippen LogP contribution in [-0.4, -0.2) is 44.5 Å². The van der Waals surface area contributed by atoms with Crippen LogP contribution in [0.3, 0.4) is 0 Å². The Labute approximate surface area is 172 Å². The first-order chi connectivity index (χ1) is 13.4. The van der Waals surface area contributed by atoms with Gasteiger partial charge in [0.25, 0.3) is 11.8 Å². The number of amides is 3. The second kappa shape index (κ2) is 10.5. The summed E-state index contributed by atoms with van der Waals surface area (Å²) in [6.45, 7) is 0.158. The highest BCUT2D eigenvalue weighted by molar-refractivity contribution is 6.37. The molecule has 7 nitrogen and oxygen atoms in total. The Morgan fingerprint density at radius 1 is 0.857 bits per heavy atom. The van der Waals surface area contributed by atoms with Gasteiger partial charge in [-0.25, -0.2) is 0 Å². The minimum atomic E-state index is -0.476. The summed E-state index contributed by atoms with van der Waals surface area (Å²) < 4.78 is 5.13. The van der Waals surface area contributed by atoms with Crippen molar-refractivity contribution < 1.29 is 19.1 Å². The minimum Gasteiger partial charge on any atom is -0.494 e. The monoisotopic (exact) mass is 423 g/mol. The zero-order valence-electron chi connectivity index (χ0n) is 15.1. The molecule has 0 atom stereocenters. The highest BCUT2D eigenvalue weighted by atomic mass is 35.5. The average molecular weight is 424 g/mol. The first-order valence-corrected chi connectivity index (χ1v) is 9.09. The van der Waals surface area contributed by atoms with E-state index in [1.807, 2.05) is 0 Å². The van der Waals surface area contributed by atoms with Gasteiger partial charge in [0, 0.05) is 18.7 Å². The predicted molar refractivity (Wildman–Crippen MR) is 107 cm³/mol. The van der Waals surface area contributed by atoms with E-state index in [1.165, 1.54) is 19.2 Å². The third-order valence-corrected chi connectivity index (χ3v) is 4.28. The fourth-order valence-electron chi connectivity index (χ4n) is 2.33. The van der Waals surface area contributed by atoms with Gasteiger partial charge in [-0.15, -0.1) is 0 Å². The lowest BCUT2D eigenvalue weighted by Crippen LogP contribution is -2.40. The maximum atomic E-state index is 12.3. The van der Waals surface area contributed by atoms with Gasteiger partial charge in [0.2, 0.25) is 5.91 Å². The Hall–Kier alpha value is -2.77. The second-order valence-corrected chi connectivity index (χ2v) is 6.41. The first-order valence-electron chi connectivity index (χ1n) is 8.34. The lowest BCUT2D eigenvalue weighted by Gasteiger charge is -2.12. The van der Waals surface area contributed by atoms with Crippen LogP contribution in [0.4, 0.5) is 0 Å². The predicted octanol–water partition coefficient (Wildman–Crippen LogP) is 2.28. The molecule has 0 radical (unpaired) electrons. The van der Waals surface area contributed by atoms with Crippen molar-refractivity contribution in [1.29, 1.82) is 0 Å². The molecular weight excluding hydrogens is 405 g/mol. The summed E-state index contributed by atoms with van der Waals surface area (Å²) in [5.41, 5.74) is 0.591. The van der Waals surface area contributed by atoms with Gasteiger partial charge in [-0.3, -0.25) is 14.4 Å². The summed E-state index contributed by atoms with van der Waals surface area (Å²) >= 11 is 12.0. The van der Waals surface area contributed by atoms with Gasteiger partial charge in [-0.2, -0.15) is 0 Å². The van der Waals surface area contributed by atoms with Crippen LogP contribution < -0.4 is 20.7 Å². The summed E-state index contributed by atoms with van der Waals surface area (Å²) in [6.07, 6.45) is 0. The second-order valence-electron chi connectivity index (χ2n) is 5.59. The zero-order valence-corrected chi connectivity index (χ0v) is 16.6. The van der Waals surface area contributed by atoms with Crippen molar-refractivity contribution in [3.05, 3.63) is 63.6 Å². The van der Waals surface area contributed by atoms with Gasteiger partial charge >= 0.3 is 0 Å². The van der Waals surface area contributed by atoms with Crippen LogP contribution in [0.2, 0.25) is 10.0 Å². The standard InChI is InChI=1S/C19H19Cl2N3O4/c1-28-17-14(21)8-7-13(20)16(17)19(27)23-10-9-22-15(25)11-24-18(26)12-5-3-2-4-6-12/h2-8H,9-11H2,1H3,(H,22,25)(H,23,27)(H,24,26). The molecule has 3 amide bonds. The molecule has 0 spiro atoms. The van der Waals surface area contributed by atoms with E-state index in [9.17, 15) is 14.4 Å². The summed E-state index contributed by atoms with van der Waals surface area (Å²) in [4.78, 5) is 36.0. The molecule has 0 heterocycles. The van der Waals surface area contributed by atoms with Crippen LogP contribution in [-0.2, 0) is 4.79 Å². The van der Waals surface area contributed by atoms with Crippen molar-refractivity contribution in [2.24, 2.45) is 0 Å². The summed E-state index contributed by atoms with van der Waals surface area (Å²) in [6, 6.07) is 11.6. The smallest absolute Gasteiger partial charge is 0.256 e. The number of nitrogens with one attached hydrogen (secondary N) is 3. The maximum absolute atomic E-state index is 12.3. The van der Waals surface area contributed by atoms with Crippen LogP contribution in [0.25, 0.3) is 0 Å². The Bertz CT molecular complexity index is 860. The van der Waals surface area contributed by atoms with E-state index >= 15 is 0 Å². The molecule has 0 aliphatic heterocycles. The number of rotatable bonds is 8. The third kappa shape index (κ3) is 5.87. The molecule has 0 aliphatic carbocycles. The molecule has 2 aromatic carbocycles. The largest absolute Gasteiger partial charge is 0.494 e. The van der Waals surface area contributed by atoms with Crippen LogP contribution >= 0.6 is 23.2 Å². The molecule has 0 aliphatic rings. The molecule has 9 heteroatoms. The molecule has 0 bridgehead atoms. The lowest BCUT2D eigenvalue weighted by molar-refractivity contribution is -0.120. The Morgan fingerprint density at radius 3 is 2.18 bits per heavy atom. The molecule has 28 heavy (non-hydrogen) atoms. The van der Waals surface area contributed by atoms with Gasteiger partial charge in [0.1, 0.15) is 5.56 Å². The SMILES string of the molecule is COc1c(Cl)ccc(Cl)c1C(=O)NCCNC(=O)CNC(=O)c1ccccc1. The molecule has 148 valence electrons. The molecule has 0 saturated heterocycles. The van der Waals surface area contributed by atoms with Crippen LogP contribution in [0.5, 0.6) is 5.75 Å².